The second kappa shape index (κ2) is 9.50. The number of hydrogen-bond acceptors (Lipinski definition) is 5. The largest absolute Gasteiger partial charge is 0.376 e. The van der Waals surface area contributed by atoms with Gasteiger partial charge in [-0.2, -0.15) is 9.78 Å². The zero-order valence-corrected chi connectivity index (χ0v) is 18.5. The summed E-state index contributed by atoms with van der Waals surface area (Å²) in [6, 6.07) is 10.9. The van der Waals surface area contributed by atoms with Crippen LogP contribution in [0.2, 0.25) is 0 Å². The van der Waals surface area contributed by atoms with E-state index in [0.29, 0.717) is 17.9 Å². The molecule has 8 nitrogen and oxygen atoms in total. The van der Waals surface area contributed by atoms with Crippen molar-refractivity contribution in [1.82, 2.24) is 19.7 Å². The van der Waals surface area contributed by atoms with Gasteiger partial charge in [0.1, 0.15) is 5.82 Å². The molecule has 4 rings (SSSR count). The van der Waals surface area contributed by atoms with E-state index < -0.39 is 28.7 Å². The summed E-state index contributed by atoms with van der Waals surface area (Å²) in [7, 11) is 0. The fourth-order valence-electron chi connectivity index (χ4n) is 3.74. The van der Waals surface area contributed by atoms with Crippen molar-refractivity contribution in [3.05, 3.63) is 91.5 Å². The summed E-state index contributed by atoms with van der Waals surface area (Å²) in [5.74, 6) is -1.18. The number of amides is 1. The lowest BCUT2D eigenvalue weighted by Gasteiger charge is -2.14. The standard InChI is InChI=1S/C24H25FN4O4/c1-15-8-9-19(11-16(15)2)29-24(32)28(14-17-5-3-6-18(25)12-17)23(31)21(27-29)22(30)26-13-20-7-4-10-33-20/h3,5-6,8-9,11-12,20H,4,7,10,13-14H2,1-2H3,(H,26,30)/t20-/m1/s1. The van der Waals surface area contributed by atoms with Gasteiger partial charge >= 0.3 is 5.69 Å². The van der Waals surface area contributed by atoms with Gasteiger partial charge in [-0.15, -0.1) is 0 Å². The van der Waals surface area contributed by atoms with Crippen molar-refractivity contribution in [2.45, 2.75) is 39.3 Å². The van der Waals surface area contributed by atoms with Crippen LogP contribution in [0, 0.1) is 19.7 Å². The number of nitrogens with one attached hydrogen (secondary N) is 1. The lowest BCUT2D eigenvalue weighted by atomic mass is 10.1. The van der Waals surface area contributed by atoms with Crippen LogP contribution < -0.4 is 16.6 Å². The molecular formula is C24H25FN4O4. The highest BCUT2D eigenvalue weighted by Crippen LogP contribution is 2.13. The average Bonchev–Trinajstić information content (AvgIpc) is 3.31. The molecule has 0 unspecified atom stereocenters. The predicted octanol–water partition coefficient (Wildman–Crippen LogP) is 2.11. The molecular weight excluding hydrogens is 427 g/mol. The van der Waals surface area contributed by atoms with Crippen LogP contribution in [-0.2, 0) is 11.3 Å². The number of ether oxygens (including phenoxy) is 1. The van der Waals surface area contributed by atoms with Crippen LogP contribution in [-0.4, -0.2) is 39.5 Å². The van der Waals surface area contributed by atoms with Gasteiger partial charge in [0, 0.05) is 13.2 Å². The molecule has 0 radical (unpaired) electrons. The number of nitrogens with zero attached hydrogens (tertiary/aromatic N) is 3. The van der Waals surface area contributed by atoms with Crippen LogP contribution in [0.3, 0.4) is 0 Å². The number of halogens is 1. The minimum absolute atomic E-state index is 0.117. The van der Waals surface area contributed by atoms with Gasteiger partial charge in [-0.25, -0.2) is 9.18 Å². The fourth-order valence-corrected chi connectivity index (χ4v) is 3.74. The van der Waals surface area contributed by atoms with Crippen LogP contribution in [0.1, 0.15) is 40.0 Å². The van der Waals surface area contributed by atoms with E-state index in [4.69, 9.17) is 4.74 Å². The lowest BCUT2D eigenvalue weighted by Crippen LogP contribution is -2.46. The van der Waals surface area contributed by atoms with Crippen molar-refractivity contribution >= 4 is 5.91 Å². The minimum Gasteiger partial charge on any atom is -0.376 e. The molecule has 9 heteroatoms. The number of rotatable bonds is 6. The minimum atomic E-state index is -0.839. The van der Waals surface area contributed by atoms with E-state index in [9.17, 15) is 18.8 Å². The summed E-state index contributed by atoms with van der Waals surface area (Å²) < 4.78 is 21.1. The van der Waals surface area contributed by atoms with Crippen molar-refractivity contribution in [2.75, 3.05) is 13.2 Å². The molecule has 1 saturated heterocycles. The van der Waals surface area contributed by atoms with E-state index in [1.54, 1.807) is 18.2 Å². The molecule has 0 aliphatic carbocycles. The molecule has 0 spiro atoms. The molecule has 172 valence electrons. The summed E-state index contributed by atoms with van der Waals surface area (Å²) in [6.07, 6.45) is 1.62. The van der Waals surface area contributed by atoms with Crippen LogP contribution in [0.4, 0.5) is 4.39 Å². The third kappa shape index (κ3) is 4.93. The van der Waals surface area contributed by atoms with Crippen LogP contribution in [0.25, 0.3) is 5.69 Å². The maximum Gasteiger partial charge on any atom is 0.352 e. The number of aryl methyl sites for hydroxylation is 2. The molecule has 3 aromatic rings. The second-order valence-electron chi connectivity index (χ2n) is 8.18. The summed E-state index contributed by atoms with van der Waals surface area (Å²) in [6.45, 7) is 4.50. The molecule has 0 saturated carbocycles. The first kappa shape index (κ1) is 22.6. The molecule has 33 heavy (non-hydrogen) atoms. The quantitative estimate of drug-likeness (QED) is 0.618. The van der Waals surface area contributed by atoms with Crippen molar-refractivity contribution in [3.63, 3.8) is 0 Å². The van der Waals surface area contributed by atoms with Gasteiger partial charge in [-0.3, -0.25) is 14.2 Å². The Bertz CT molecular complexity index is 1310. The summed E-state index contributed by atoms with van der Waals surface area (Å²) >= 11 is 0. The normalized spacial score (nSPS) is 15.5. The van der Waals surface area contributed by atoms with Gasteiger partial charge in [0.25, 0.3) is 11.5 Å². The Morgan fingerprint density at radius 1 is 1.18 bits per heavy atom. The zero-order valence-electron chi connectivity index (χ0n) is 18.5. The van der Waals surface area contributed by atoms with E-state index in [1.807, 2.05) is 19.9 Å². The third-order valence-corrected chi connectivity index (χ3v) is 5.75. The Balaban J connectivity index is 1.79. The maximum atomic E-state index is 13.7. The number of hydrogen-bond donors (Lipinski definition) is 1. The number of aromatic nitrogens is 3. The number of carbonyl (C=O) groups is 1. The molecule has 1 aliphatic rings. The van der Waals surface area contributed by atoms with Gasteiger partial charge in [-0.05, 0) is 67.6 Å². The topological polar surface area (TPSA) is 95.2 Å². The lowest BCUT2D eigenvalue weighted by molar-refractivity contribution is 0.0849. The molecule has 0 bridgehead atoms. The van der Waals surface area contributed by atoms with Gasteiger partial charge in [0.05, 0.1) is 18.3 Å². The van der Waals surface area contributed by atoms with Gasteiger partial charge in [-0.1, -0.05) is 18.2 Å². The first-order valence-electron chi connectivity index (χ1n) is 10.8. The molecule has 2 heterocycles. The van der Waals surface area contributed by atoms with Crippen LogP contribution in [0.5, 0.6) is 0 Å². The average molecular weight is 452 g/mol. The molecule has 1 fully saturated rings. The smallest absolute Gasteiger partial charge is 0.352 e. The predicted molar refractivity (Wildman–Crippen MR) is 120 cm³/mol. The fraction of sp³-hybridized carbons (Fsp3) is 0.333. The molecule has 1 N–H and O–H groups in total. The van der Waals surface area contributed by atoms with E-state index in [0.717, 1.165) is 33.2 Å². The van der Waals surface area contributed by atoms with E-state index >= 15 is 0 Å². The zero-order chi connectivity index (χ0) is 23.5. The Morgan fingerprint density at radius 3 is 2.70 bits per heavy atom. The molecule has 1 aromatic heterocycles. The molecule has 1 atom stereocenters. The van der Waals surface area contributed by atoms with Gasteiger partial charge in [0.2, 0.25) is 5.69 Å². The summed E-state index contributed by atoms with van der Waals surface area (Å²) in [4.78, 5) is 39.2. The van der Waals surface area contributed by atoms with E-state index in [2.05, 4.69) is 10.4 Å². The van der Waals surface area contributed by atoms with Crippen LogP contribution >= 0.6 is 0 Å². The van der Waals surface area contributed by atoms with Crippen molar-refractivity contribution in [1.29, 1.82) is 0 Å². The van der Waals surface area contributed by atoms with Crippen molar-refractivity contribution in [3.8, 4) is 5.69 Å². The SMILES string of the molecule is Cc1ccc(-n2nc(C(=O)NC[C@H]3CCCO3)c(=O)n(Cc3cccc(F)c3)c2=O)cc1C. The monoisotopic (exact) mass is 452 g/mol. The first-order chi connectivity index (χ1) is 15.8. The van der Waals surface area contributed by atoms with E-state index in [-0.39, 0.29) is 19.2 Å². The Hall–Kier alpha value is -3.59. The molecule has 2 aromatic carbocycles. The number of carbonyl (C=O) groups excluding carboxylic acids is 1. The van der Waals surface area contributed by atoms with E-state index in [1.165, 1.54) is 18.2 Å². The summed E-state index contributed by atoms with van der Waals surface area (Å²) in [5, 5.41) is 6.81. The Morgan fingerprint density at radius 2 is 2.00 bits per heavy atom. The van der Waals surface area contributed by atoms with Crippen molar-refractivity contribution in [2.24, 2.45) is 0 Å². The highest BCUT2D eigenvalue weighted by Gasteiger charge is 2.23. The molecule has 1 aliphatic heterocycles. The third-order valence-electron chi connectivity index (χ3n) is 5.75. The van der Waals surface area contributed by atoms with Gasteiger partial charge < -0.3 is 10.1 Å². The van der Waals surface area contributed by atoms with Gasteiger partial charge in [0.15, 0.2) is 0 Å². The highest BCUT2D eigenvalue weighted by atomic mass is 19.1. The Kier molecular flexibility index (Phi) is 6.50. The number of benzene rings is 2. The van der Waals surface area contributed by atoms with Crippen molar-refractivity contribution < 1.29 is 13.9 Å². The second-order valence-corrected chi connectivity index (χ2v) is 8.18. The molecule has 1 amide bonds. The Labute approximate surface area is 189 Å². The summed E-state index contributed by atoms with van der Waals surface area (Å²) in [5.41, 5.74) is 0.810. The maximum absolute atomic E-state index is 13.7. The highest BCUT2D eigenvalue weighted by molar-refractivity contribution is 5.91. The van der Waals surface area contributed by atoms with Crippen LogP contribution in [0.15, 0.2) is 52.1 Å². The first-order valence-corrected chi connectivity index (χ1v) is 10.8.